The van der Waals surface area contributed by atoms with Crippen LogP contribution < -0.4 is 5.32 Å². The summed E-state index contributed by atoms with van der Waals surface area (Å²) in [6.07, 6.45) is 9.07. The molecule has 144 valence electrons. The van der Waals surface area contributed by atoms with E-state index in [0.29, 0.717) is 29.1 Å². The lowest BCUT2D eigenvalue weighted by molar-refractivity contribution is -0.117. The van der Waals surface area contributed by atoms with E-state index in [-0.39, 0.29) is 11.9 Å². The van der Waals surface area contributed by atoms with Gasteiger partial charge in [0, 0.05) is 10.9 Å². The van der Waals surface area contributed by atoms with Crippen molar-refractivity contribution in [1.29, 1.82) is 0 Å². The Kier molecular flexibility index (Phi) is 6.35. The zero-order valence-corrected chi connectivity index (χ0v) is 16.9. The Bertz CT molecular complexity index is 664. The average Bonchev–Trinajstić information content (AvgIpc) is 2.98. The first-order valence-electron chi connectivity index (χ1n) is 9.72. The standard InChI is InChI=1S/C20H30N2O3S/c1-13-9-10-15-16(11-13)26-19(18(15)20(24)25-3)21-17(23)12-22(2)14-7-5-4-6-8-14/h13-14H,4-12H2,1-3H3,(H,21,23). The molecule has 2 aliphatic carbocycles. The molecule has 1 unspecified atom stereocenters. The highest BCUT2D eigenvalue weighted by molar-refractivity contribution is 7.17. The third kappa shape index (κ3) is 4.29. The van der Waals surface area contributed by atoms with Crippen LogP contribution in [0, 0.1) is 5.92 Å². The fraction of sp³-hybridized carbons (Fsp3) is 0.700. The largest absolute Gasteiger partial charge is 0.465 e. The van der Waals surface area contributed by atoms with Crippen molar-refractivity contribution < 1.29 is 14.3 Å². The number of carbonyl (C=O) groups is 2. The molecule has 5 nitrogen and oxygen atoms in total. The van der Waals surface area contributed by atoms with Crippen molar-refractivity contribution in [2.45, 2.75) is 64.3 Å². The van der Waals surface area contributed by atoms with E-state index in [2.05, 4.69) is 17.1 Å². The van der Waals surface area contributed by atoms with Crippen LogP contribution in [0.25, 0.3) is 0 Å². The van der Waals surface area contributed by atoms with Crippen LogP contribution >= 0.6 is 11.3 Å². The molecule has 1 N–H and O–H groups in total. The number of nitrogens with zero attached hydrogens (tertiary/aromatic N) is 1. The van der Waals surface area contributed by atoms with Gasteiger partial charge in [-0.3, -0.25) is 9.69 Å². The molecule has 0 bridgehead atoms. The number of amides is 1. The number of likely N-dealkylation sites (N-methyl/N-ethyl adjacent to an activating group) is 1. The second-order valence-electron chi connectivity index (χ2n) is 7.80. The van der Waals surface area contributed by atoms with Gasteiger partial charge in [-0.2, -0.15) is 0 Å². The Hall–Kier alpha value is -1.40. The number of rotatable bonds is 5. The maximum Gasteiger partial charge on any atom is 0.341 e. The van der Waals surface area contributed by atoms with Gasteiger partial charge in [0.15, 0.2) is 0 Å². The zero-order valence-electron chi connectivity index (χ0n) is 16.1. The summed E-state index contributed by atoms with van der Waals surface area (Å²) in [5.41, 5.74) is 1.66. The first-order valence-corrected chi connectivity index (χ1v) is 10.5. The molecule has 0 radical (unpaired) electrons. The Balaban J connectivity index is 1.72. The number of esters is 1. The summed E-state index contributed by atoms with van der Waals surface area (Å²) in [6, 6.07) is 0.493. The van der Waals surface area contributed by atoms with Gasteiger partial charge in [-0.25, -0.2) is 4.79 Å². The Morgan fingerprint density at radius 3 is 2.65 bits per heavy atom. The Labute approximate surface area is 160 Å². The monoisotopic (exact) mass is 378 g/mol. The molecular weight excluding hydrogens is 348 g/mol. The van der Waals surface area contributed by atoms with E-state index in [1.807, 2.05) is 7.05 Å². The summed E-state index contributed by atoms with van der Waals surface area (Å²) in [5.74, 6) is 0.232. The van der Waals surface area contributed by atoms with Gasteiger partial charge < -0.3 is 10.1 Å². The summed E-state index contributed by atoms with van der Waals surface area (Å²) >= 11 is 1.55. The Morgan fingerprint density at radius 1 is 1.23 bits per heavy atom. The van der Waals surface area contributed by atoms with E-state index in [1.54, 1.807) is 11.3 Å². The van der Waals surface area contributed by atoms with Crippen LogP contribution in [0.2, 0.25) is 0 Å². The van der Waals surface area contributed by atoms with Gasteiger partial charge in [0.05, 0.1) is 19.2 Å². The normalized spacial score (nSPS) is 20.7. The van der Waals surface area contributed by atoms with Gasteiger partial charge in [-0.15, -0.1) is 11.3 Å². The van der Waals surface area contributed by atoms with Gasteiger partial charge >= 0.3 is 5.97 Å². The number of carbonyl (C=O) groups excluding carboxylic acids is 2. The molecule has 26 heavy (non-hydrogen) atoms. The van der Waals surface area contributed by atoms with Gasteiger partial charge in [-0.1, -0.05) is 26.2 Å². The minimum atomic E-state index is -0.340. The van der Waals surface area contributed by atoms with E-state index >= 15 is 0 Å². The van der Waals surface area contributed by atoms with Crippen molar-refractivity contribution in [3.8, 4) is 0 Å². The minimum absolute atomic E-state index is 0.0464. The predicted octanol–water partition coefficient (Wildman–Crippen LogP) is 3.86. The predicted molar refractivity (Wildman–Crippen MR) is 105 cm³/mol. The molecule has 1 heterocycles. The molecule has 1 saturated carbocycles. The number of hydrogen-bond acceptors (Lipinski definition) is 5. The van der Waals surface area contributed by atoms with E-state index in [4.69, 9.17) is 4.74 Å². The second-order valence-corrected chi connectivity index (χ2v) is 8.91. The van der Waals surface area contributed by atoms with Crippen LogP contribution in [-0.4, -0.2) is 43.5 Å². The SMILES string of the molecule is COC(=O)c1c(NC(=O)CN(C)C2CCCCC2)sc2c1CCC(C)C2. The lowest BCUT2D eigenvalue weighted by Gasteiger charge is -2.30. The number of hydrogen-bond donors (Lipinski definition) is 1. The fourth-order valence-corrected chi connectivity index (χ4v) is 5.62. The van der Waals surface area contributed by atoms with Crippen molar-refractivity contribution in [2.24, 2.45) is 5.92 Å². The summed E-state index contributed by atoms with van der Waals surface area (Å²) < 4.78 is 4.99. The molecule has 1 amide bonds. The molecule has 3 rings (SSSR count). The first-order chi connectivity index (χ1) is 12.5. The number of fused-ring (bicyclic) bond motifs is 1. The van der Waals surface area contributed by atoms with Crippen LogP contribution in [0.4, 0.5) is 5.00 Å². The molecule has 1 aromatic heterocycles. The van der Waals surface area contributed by atoms with Crippen LogP contribution in [0.3, 0.4) is 0 Å². The van der Waals surface area contributed by atoms with Crippen molar-refractivity contribution >= 4 is 28.2 Å². The smallest absolute Gasteiger partial charge is 0.341 e. The molecule has 0 saturated heterocycles. The van der Waals surface area contributed by atoms with Crippen LogP contribution in [0.1, 0.15) is 66.2 Å². The van der Waals surface area contributed by atoms with Crippen molar-refractivity contribution in [3.05, 3.63) is 16.0 Å². The van der Waals surface area contributed by atoms with Crippen LogP contribution in [0.5, 0.6) is 0 Å². The summed E-state index contributed by atoms with van der Waals surface area (Å²) in [7, 11) is 3.43. The molecule has 2 aliphatic rings. The van der Waals surface area contributed by atoms with Gasteiger partial charge in [0.25, 0.3) is 0 Å². The average molecular weight is 379 g/mol. The number of nitrogens with one attached hydrogen (secondary N) is 1. The number of methoxy groups -OCH3 is 1. The third-order valence-electron chi connectivity index (χ3n) is 5.75. The molecule has 0 aliphatic heterocycles. The highest BCUT2D eigenvalue weighted by Crippen LogP contribution is 2.40. The number of thiophene rings is 1. The molecule has 1 fully saturated rings. The molecule has 0 aromatic carbocycles. The topological polar surface area (TPSA) is 58.6 Å². The molecule has 1 atom stereocenters. The lowest BCUT2D eigenvalue weighted by Crippen LogP contribution is -2.39. The summed E-state index contributed by atoms with van der Waals surface area (Å²) in [6.45, 7) is 2.60. The minimum Gasteiger partial charge on any atom is -0.465 e. The maximum absolute atomic E-state index is 12.6. The molecule has 6 heteroatoms. The molecule has 1 aromatic rings. The summed E-state index contributed by atoms with van der Waals surface area (Å²) in [4.78, 5) is 28.3. The third-order valence-corrected chi connectivity index (χ3v) is 6.91. The van der Waals surface area contributed by atoms with Crippen LogP contribution in [0.15, 0.2) is 0 Å². The fourth-order valence-electron chi connectivity index (χ4n) is 4.20. The second kappa shape index (κ2) is 8.53. The lowest BCUT2D eigenvalue weighted by atomic mass is 9.88. The first kappa shape index (κ1) is 19.4. The molecule has 0 spiro atoms. The van der Waals surface area contributed by atoms with E-state index in [9.17, 15) is 9.59 Å². The highest BCUT2D eigenvalue weighted by Gasteiger charge is 2.29. The Morgan fingerprint density at radius 2 is 1.96 bits per heavy atom. The van der Waals surface area contributed by atoms with E-state index < -0.39 is 0 Å². The number of ether oxygens (including phenoxy) is 1. The van der Waals surface area contributed by atoms with Gasteiger partial charge in [0.2, 0.25) is 5.91 Å². The van der Waals surface area contributed by atoms with E-state index in [1.165, 1.54) is 44.1 Å². The zero-order chi connectivity index (χ0) is 18.7. The summed E-state index contributed by atoms with van der Waals surface area (Å²) in [5, 5.41) is 3.67. The van der Waals surface area contributed by atoms with Crippen molar-refractivity contribution in [2.75, 3.05) is 26.0 Å². The van der Waals surface area contributed by atoms with E-state index in [0.717, 1.165) is 24.8 Å². The van der Waals surface area contributed by atoms with Gasteiger partial charge in [-0.05, 0) is 50.6 Å². The molecular formula is C20H30N2O3S. The van der Waals surface area contributed by atoms with Crippen molar-refractivity contribution in [1.82, 2.24) is 4.90 Å². The number of anilines is 1. The van der Waals surface area contributed by atoms with Crippen molar-refractivity contribution in [3.63, 3.8) is 0 Å². The highest BCUT2D eigenvalue weighted by atomic mass is 32.1. The van der Waals surface area contributed by atoms with Crippen LogP contribution in [-0.2, 0) is 22.4 Å². The maximum atomic E-state index is 12.6. The van der Waals surface area contributed by atoms with Gasteiger partial charge in [0.1, 0.15) is 5.00 Å². The quantitative estimate of drug-likeness (QED) is 0.791.